The Morgan fingerprint density at radius 2 is 1.92 bits per heavy atom. The van der Waals surface area contributed by atoms with Crippen molar-refractivity contribution >= 4 is 34.5 Å². The molecule has 1 aromatic heterocycles. The molecule has 0 fully saturated rings. The standard InChI is InChI=1S/C11H12N2O.C7H5ClFNO/c1-3-10-8-6-4-5-7-9(8)11(14)13(2)12-10;8-6-2-1-5(10-4-11)3-7(6)9/h4-7H,3H2,1-2H3;1-4H,(H,10,11). The number of hydrogen-bond donors (Lipinski definition) is 1. The predicted octanol–water partition coefficient (Wildman–Crippen LogP) is 3.54. The summed E-state index contributed by atoms with van der Waals surface area (Å²) in [4.78, 5) is 21.6. The van der Waals surface area contributed by atoms with Gasteiger partial charge in [0, 0.05) is 18.1 Å². The quantitative estimate of drug-likeness (QED) is 0.726. The number of fused-ring (bicyclic) bond motifs is 1. The van der Waals surface area contributed by atoms with Crippen LogP contribution in [0, 0.1) is 5.82 Å². The smallest absolute Gasteiger partial charge is 0.274 e. The third kappa shape index (κ3) is 4.42. The zero-order valence-corrected chi connectivity index (χ0v) is 14.5. The Hall–Kier alpha value is -2.73. The number of rotatable bonds is 3. The highest BCUT2D eigenvalue weighted by Gasteiger charge is 2.05. The Kier molecular flexibility index (Phi) is 6.25. The molecule has 0 aliphatic carbocycles. The Bertz CT molecular complexity index is 957. The number of hydrogen-bond acceptors (Lipinski definition) is 3. The van der Waals surface area contributed by atoms with Crippen molar-refractivity contribution in [1.29, 1.82) is 0 Å². The first-order valence-corrected chi connectivity index (χ1v) is 7.95. The van der Waals surface area contributed by atoms with Gasteiger partial charge in [-0.1, -0.05) is 36.7 Å². The average molecular weight is 362 g/mol. The van der Waals surface area contributed by atoms with Gasteiger partial charge in [-0.2, -0.15) is 5.10 Å². The highest BCUT2D eigenvalue weighted by atomic mass is 35.5. The van der Waals surface area contributed by atoms with Gasteiger partial charge >= 0.3 is 0 Å². The Morgan fingerprint density at radius 3 is 2.52 bits per heavy atom. The largest absolute Gasteiger partial charge is 0.329 e. The lowest BCUT2D eigenvalue weighted by molar-refractivity contribution is -0.105. The minimum atomic E-state index is -0.543. The summed E-state index contributed by atoms with van der Waals surface area (Å²) in [6, 6.07) is 11.6. The third-order valence-corrected chi connectivity index (χ3v) is 3.82. The zero-order valence-electron chi connectivity index (χ0n) is 13.8. The maximum Gasteiger partial charge on any atom is 0.274 e. The molecule has 1 heterocycles. The van der Waals surface area contributed by atoms with Gasteiger partial charge in [-0.3, -0.25) is 9.59 Å². The van der Waals surface area contributed by atoms with E-state index < -0.39 is 5.82 Å². The molecule has 1 N–H and O–H groups in total. The number of nitrogens with one attached hydrogen (secondary N) is 1. The summed E-state index contributed by atoms with van der Waals surface area (Å²) in [5.41, 5.74) is 1.34. The number of anilines is 1. The van der Waals surface area contributed by atoms with Crippen LogP contribution in [0.4, 0.5) is 10.1 Å². The van der Waals surface area contributed by atoms with Gasteiger partial charge in [-0.25, -0.2) is 9.07 Å². The van der Waals surface area contributed by atoms with Crippen molar-refractivity contribution in [3.05, 3.63) is 69.4 Å². The molecular formula is C18H17ClFN3O2. The molecule has 7 heteroatoms. The summed E-state index contributed by atoms with van der Waals surface area (Å²) < 4.78 is 14.0. The van der Waals surface area contributed by atoms with Gasteiger partial charge in [-0.15, -0.1) is 0 Å². The normalized spacial score (nSPS) is 10.1. The first-order chi connectivity index (χ1) is 12.0. The van der Waals surface area contributed by atoms with Crippen LogP contribution in [0.3, 0.4) is 0 Å². The summed E-state index contributed by atoms with van der Waals surface area (Å²) >= 11 is 5.39. The first-order valence-electron chi connectivity index (χ1n) is 7.58. The second kappa shape index (κ2) is 8.39. The van der Waals surface area contributed by atoms with Crippen LogP contribution in [-0.4, -0.2) is 16.2 Å². The maximum atomic E-state index is 12.6. The third-order valence-electron chi connectivity index (χ3n) is 3.51. The Balaban J connectivity index is 0.000000186. The molecule has 0 aliphatic heterocycles. The van der Waals surface area contributed by atoms with Crippen LogP contribution < -0.4 is 10.9 Å². The topological polar surface area (TPSA) is 64.0 Å². The second-order valence-corrected chi connectivity index (χ2v) is 5.57. The molecule has 130 valence electrons. The molecule has 0 unspecified atom stereocenters. The highest BCUT2D eigenvalue weighted by molar-refractivity contribution is 6.30. The summed E-state index contributed by atoms with van der Waals surface area (Å²) in [6.45, 7) is 2.04. The van der Waals surface area contributed by atoms with Crippen LogP contribution >= 0.6 is 11.6 Å². The van der Waals surface area contributed by atoms with Crippen LogP contribution in [0.1, 0.15) is 12.6 Å². The molecule has 0 bridgehead atoms. The lowest BCUT2D eigenvalue weighted by Crippen LogP contribution is -2.21. The first kappa shape index (κ1) is 18.6. The van der Waals surface area contributed by atoms with Crippen molar-refractivity contribution in [2.24, 2.45) is 7.05 Å². The number of benzene rings is 2. The molecule has 0 saturated carbocycles. The molecule has 0 radical (unpaired) electrons. The van der Waals surface area contributed by atoms with Gasteiger partial charge < -0.3 is 5.32 Å². The summed E-state index contributed by atoms with van der Waals surface area (Å²) in [5, 5.41) is 8.29. The lowest BCUT2D eigenvalue weighted by Gasteiger charge is -2.05. The van der Waals surface area contributed by atoms with Crippen molar-refractivity contribution in [3.8, 4) is 0 Å². The van der Waals surface area contributed by atoms with Gasteiger partial charge in [0.05, 0.1) is 16.1 Å². The molecule has 0 saturated heterocycles. The highest BCUT2D eigenvalue weighted by Crippen LogP contribution is 2.17. The van der Waals surface area contributed by atoms with E-state index in [1.54, 1.807) is 7.05 Å². The molecule has 1 amide bonds. The van der Waals surface area contributed by atoms with E-state index >= 15 is 0 Å². The van der Waals surface area contributed by atoms with E-state index in [1.165, 1.54) is 16.8 Å². The van der Waals surface area contributed by atoms with E-state index in [2.05, 4.69) is 10.4 Å². The number of carbonyl (C=O) groups is 1. The van der Waals surface area contributed by atoms with Crippen LogP contribution in [0.25, 0.3) is 10.8 Å². The molecular weight excluding hydrogens is 345 g/mol. The Labute approximate surface area is 149 Å². The summed E-state index contributed by atoms with van der Waals surface area (Å²) in [7, 11) is 1.69. The van der Waals surface area contributed by atoms with E-state index in [0.29, 0.717) is 12.1 Å². The van der Waals surface area contributed by atoms with Gasteiger partial charge in [0.25, 0.3) is 5.56 Å². The van der Waals surface area contributed by atoms with E-state index in [1.807, 2.05) is 31.2 Å². The van der Waals surface area contributed by atoms with Gasteiger partial charge in [-0.05, 0) is 30.7 Å². The summed E-state index contributed by atoms with van der Waals surface area (Å²) in [6.07, 6.45) is 1.32. The van der Waals surface area contributed by atoms with Crippen molar-refractivity contribution in [1.82, 2.24) is 9.78 Å². The fourth-order valence-electron chi connectivity index (χ4n) is 2.29. The van der Waals surface area contributed by atoms with E-state index in [9.17, 15) is 14.0 Å². The van der Waals surface area contributed by atoms with Crippen LogP contribution in [-0.2, 0) is 18.3 Å². The second-order valence-electron chi connectivity index (χ2n) is 5.17. The molecule has 3 rings (SSSR count). The molecule has 2 aromatic carbocycles. The molecule has 25 heavy (non-hydrogen) atoms. The average Bonchev–Trinajstić information content (AvgIpc) is 2.62. The van der Waals surface area contributed by atoms with Crippen molar-refractivity contribution in [2.75, 3.05) is 5.32 Å². The molecule has 0 atom stereocenters. The number of carbonyl (C=O) groups excluding carboxylic acids is 1. The number of halogens is 2. The van der Waals surface area contributed by atoms with Gasteiger partial charge in [0.2, 0.25) is 6.41 Å². The van der Waals surface area contributed by atoms with E-state index in [0.717, 1.165) is 29.0 Å². The number of nitrogens with zero attached hydrogens (tertiary/aromatic N) is 2. The summed E-state index contributed by atoms with van der Waals surface area (Å²) in [5.74, 6) is -0.543. The molecule has 0 spiro atoms. The zero-order chi connectivity index (χ0) is 18.4. The van der Waals surface area contributed by atoms with Crippen LogP contribution in [0.15, 0.2) is 47.3 Å². The van der Waals surface area contributed by atoms with Crippen LogP contribution in [0.2, 0.25) is 5.02 Å². The van der Waals surface area contributed by atoms with Gasteiger partial charge in [0.15, 0.2) is 0 Å². The van der Waals surface area contributed by atoms with Crippen LogP contribution in [0.5, 0.6) is 0 Å². The van der Waals surface area contributed by atoms with Crippen molar-refractivity contribution in [3.63, 3.8) is 0 Å². The van der Waals surface area contributed by atoms with E-state index in [4.69, 9.17) is 11.6 Å². The monoisotopic (exact) mass is 361 g/mol. The predicted molar refractivity (Wildman–Crippen MR) is 97.5 cm³/mol. The SMILES string of the molecule is CCc1nn(C)c(=O)c2ccccc12.O=CNc1ccc(Cl)c(F)c1. The minimum Gasteiger partial charge on any atom is -0.329 e. The molecule has 5 nitrogen and oxygen atoms in total. The number of aromatic nitrogens is 2. The Morgan fingerprint density at radius 1 is 1.24 bits per heavy atom. The van der Waals surface area contributed by atoms with Crippen molar-refractivity contribution < 1.29 is 9.18 Å². The lowest BCUT2D eigenvalue weighted by atomic mass is 10.1. The van der Waals surface area contributed by atoms with Crippen molar-refractivity contribution in [2.45, 2.75) is 13.3 Å². The minimum absolute atomic E-state index is 0.0298. The maximum absolute atomic E-state index is 12.6. The fraction of sp³-hybridized carbons (Fsp3) is 0.167. The number of amides is 1. The van der Waals surface area contributed by atoms with E-state index in [-0.39, 0.29) is 10.6 Å². The molecule has 3 aromatic rings. The fourth-order valence-corrected chi connectivity index (χ4v) is 2.41. The molecule has 0 aliphatic rings. The van der Waals surface area contributed by atoms with Gasteiger partial charge in [0.1, 0.15) is 5.82 Å². The number of aryl methyl sites for hydroxylation is 2.